The third-order valence-electron chi connectivity index (χ3n) is 2.95. The molecule has 0 radical (unpaired) electrons. The van der Waals surface area contributed by atoms with Crippen LogP contribution in [0.25, 0.3) is 5.82 Å². The van der Waals surface area contributed by atoms with Gasteiger partial charge >= 0.3 is 5.69 Å². The number of imidazole rings is 1. The molecule has 0 saturated heterocycles. The Morgan fingerprint density at radius 1 is 1.29 bits per heavy atom. The minimum absolute atomic E-state index is 0.124. The maximum absolute atomic E-state index is 11.4. The van der Waals surface area contributed by atoms with E-state index in [-0.39, 0.29) is 17.3 Å². The molecule has 2 aromatic heterocycles. The number of nitrogens with one attached hydrogen (secondary N) is 1. The van der Waals surface area contributed by atoms with Crippen LogP contribution in [-0.4, -0.2) is 31.0 Å². The zero-order valence-corrected chi connectivity index (χ0v) is 12.1. The average molecular weight is 290 g/mol. The van der Waals surface area contributed by atoms with Crippen molar-refractivity contribution < 1.29 is 4.92 Å². The van der Waals surface area contributed by atoms with E-state index in [1.54, 1.807) is 17.0 Å². The molecule has 1 N–H and O–H groups in total. The van der Waals surface area contributed by atoms with E-state index in [1.807, 2.05) is 13.8 Å². The largest absolute Gasteiger partial charge is 0.364 e. The van der Waals surface area contributed by atoms with E-state index in [1.165, 1.54) is 6.33 Å². The molecule has 112 valence electrons. The second-order valence-electron chi connectivity index (χ2n) is 4.54. The number of aryl methyl sites for hydroxylation is 1. The van der Waals surface area contributed by atoms with Crippen LogP contribution in [-0.2, 0) is 6.42 Å². The van der Waals surface area contributed by atoms with Gasteiger partial charge in [0.1, 0.15) is 12.2 Å². The van der Waals surface area contributed by atoms with Gasteiger partial charge in [0.25, 0.3) is 0 Å². The van der Waals surface area contributed by atoms with Gasteiger partial charge in [-0.3, -0.25) is 14.7 Å². The van der Waals surface area contributed by atoms with E-state index in [9.17, 15) is 10.1 Å². The molecule has 0 bridgehead atoms. The Labute approximate surface area is 122 Å². The smallest absolute Gasteiger partial charge is 0.354 e. The topological polar surface area (TPSA) is 98.8 Å². The molecule has 0 aliphatic heterocycles. The summed E-state index contributed by atoms with van der Waals surface area (Å²) in [4.78, 5) is 23.3. The number of hydrogen-bond donors (Lipinski definition) is 1. The van der Waals surface area contributed by atoms with Gasteiger partial charge in [0.05, 0.1) is 4.92 Å². The third-order valence-corrected chi connectivity index (χ3v) is 2.95. The van der Waals surface area contributed by atoms with Crippen LogP contribution in [0.4, 0.5) is 11.5 Å². The van der Waals surface area contributed by atoms with Crippen molar-refractivity contribution in [3.63, 3.8) is 0 Å². The Hall–Kier alpha value is -2.51. The molecule has 0 saturated carbocycles. The maximum Gasteiger partial charge on any atom is 0.354 e. The lowest BCUT2D eigenvalue weighted by atomic mass is 10.3. The monoisotopic (exact) mass is 290 g/mol. The standard InChI is InChI=1S/C13H18N6O2/c1-3-5-10-14-7-8-18(10)13-11(19(20)21)12(15-6-4-2)16-9-17-13/h7-9H,3-6H2,1-2H3,(H,15,16,17). The molecule has 8 nitrogen and oxygen atoms in total. The molecule has 0 spiro atoms. The van der Waals surface area contributed by atoms with Crippen LogP contribution < -0.4 is 5.32 Å². The van der Waals surface area contributed by atoms with Crippen molar-refractivity contribution in [3.05, 3.63) is 34.7 Å². The summed E-state index contributed by atoms with van der Waals surface area (Å²) in [6, 6.07) is 0. The number of rotatable bonds is 7. The average Bonchev–Trinajstić information content (AvgIpc) is 2.93. The molecule has 0 aliphatic carbocycles. The van der Waals surface area contributed by atoms with Crippen LogP contribution in [0.5, 0.6) is 0 Å². The second-order valence-corrected chi connectivity index (χ2v) is 4.54. The first-order valence-electron chi connectivity index (χ1n) is 6.94. The molecular formula is C13H18N6O2. The molecule has 0 fully saturated rings. The Kier molecular flexibility index (Phi) is 4.81. The summed E-state index contributed by atoms with van der Waals surface area (Å²) in [5, 5.41) is 14.4. The quantitative estimate of drug-likeness (QED) is 0.620. The fraction of sp³-hybridized carbons (Fsp3) is 0.462. The van der Waals surface area contributed by atoms with E-state index < -0.39 is 4.92 Å². The first kappa shape index (κ1) is 14.9. The summed E-state index contributed by atoms with van der Waals surface area (Å²) < 4.78 is 1.65. The van der Waals surface area contributed by atoms with E-state index in [2.05, 4.69) is 20.3 Å². The molecule has 8 heteroatoms. The second kappa shape index (κ2) is 6.78. The highest BCUT2D eigenvalue weighted by Crippen LogP contribution is 2.28. The van der Waals surface area contributed by atoms with Crippen LogP contribution in [0, 0.1) is 10.1 Å². The lowest BCUT2D eigenvalue weighted by molar-refractivity contribution is -0.384. The van der Waals surface area contributed by atoms with Crippen molar-refractivity contribution in [2.24, 2.45) is 0 Å². The summed E-state index contributed by atoms with van der Waals surface area (Å²) in [6.07, 6.45) is 7.11. The molecule has 0 amide bonds. The zero-order valence-electron chi connectivity index (χ0n) is 12.1. The highest BCUT2D eigenvalue weighted by molar-refractivity contribution is 5.64. The van der Waals surface area contributed by atoms with Gasteiger partial charge < -0.3 is 5.32 Å². The van der Waals surface area contributed by atoms with Crippen LogP contribution in [0.3, 0.4) is 0 Å². The molecule has 2 aromatic rings. The SMILES string of the molecule is CCCNc1ncnc(-n2ccnc2CCC)c1[N+](=O)[O-]. The minimum atomic E-state index is -0.455. The van der Waals surface area contributed by atoms with Crippen molar-refractivity contribution in [2.75, 3.05) is 11.9 Å². The van der Waals surface area contributed by atoms with Crippen molar-refractivity contribution in [2.45, 2.75) is 33.1 Å². The van der Waals surface area contributed by atoms with E-state index in [0.717, 1.165) is 25.1 Å². The molecular weight excluding hydrogens is 272 g/mol. The number of nitrogens with zero attached hydrogens (tertiary/aromatic N) is 5. The Morgan fingerprint density at radius 2 is 2.10 bits per heavy atom. The molecule has 0 aromatic carbocycles. The number of anilines is 1. The number of nitro groups is 1. The van der Waals surface area contributed by atoms with Gasteiger partial charge in [0, 0.05) is 25.4 Å². The maximum atomic E-state index is 11.4. The van der Waals surface area contributed by atoms with Crippen molar-refractivity contribution in [3.8, 4) is 5.82 Å². The number of aromatic nitrogens is 4. The predicted molar refractivity (Wildman–Crippen MR) is 78.6 cm³/mol. The molecule has 2 rings (SSSR count). The summed E-state index contributed by atoms with van der Waals surface area (Å²) in [5.74, 6) is 1.23. The Bertz CT molecular complexity index is 625. The molecule has 2 heterocycles. The fourth-order valence-corrected chi connectivity index (χ4v) is 2.02. The van der Waals surface area contributed by atoms with Crippen LogP contribution in [0.1, 0.15) is 32.5 Å². The lowest BCUT2D eigenvalue weighted by Gasteiger charge is -2.10. The van der Waals surface area contributed by atoms with Crippen LogP contribution in [0.2, 0.25) is 0 Å². The molecule has 21 heavy (non-hydrogen) atoms. The predicted octanol–water partition coefficient (Wildman–Crippen LogP) is 2.34. The Morgan fingerprint density at radius 3 is 2.76 bits per heavy atom. The van der Waals surface area contributed by atoms with Gasteiger partial charge in [-0.2, -0.15) is 0 Å². The van der Waals surface area contributed by atoms with Crippen molar-refractivity contribution in [1.29, 1.82) is 0 Å². The lowest BCUT2D eigenvalue weighted by Crippen LogP contribution is -2.11. The molecule has 0 unspecified atom stereocenters. The highest BCUT2D eigenvalue weighted by Gasteiger charge is 2.25. The normalized spacial score (nSPS) is 10.6. The Balaban J connectivity index is 2.52. The third kappa shape index (κ3) is 3.15. The van der Waals surface area contributed by atoms with Gasteiger partial charge in [0.15, 0.2) is 0 Å². The van der Waals surface area contributed by atoms with Gasteiger partial charge in [-0.05, 0) is 12.8 Å². The summed E-state index contributed by atoms with van der Waals surface area (Å²) in [5.41, 5.74) is -0.124. The van der Waals surface area contributed by atoms with Crippen molar-refractivity contribution in [1.82, 2.24) is 19.5 Å². The van der Waals surface area contributed by atoms with Gasteiger partial charge in [-0.25, -0.2) is 15.0 Å². The van der Waals surface area contributed by atoms with Gasteiger partial charge in [-0.15, -0.1) is 0 Å². The minimum Gasteiger partial charge on any atom is -0.364 e. The van der Waals surface area contributed by atoms with Crippen LogP contribution in [0.15, 0.2) is 18.7 Å². The fourth-order valence-electron chi connectivity index (χ4n) is 2.02. The van der Waals surface area contributed by atoms with E-state index >= 15 is 0 Å². The van der Waals surface area contributed by atoms with Crippen molar-refractivity contribution >= 4 is 11.5 Å². The molecule has 0 aliphatic rings. The first-order valence-corrected chi connectivity index (χ1v) is 6.94. The zero-order chi connectivity index (χ0) is 15.2. The van der Waals surface area contributed by atoms with Gasteiger partial charge in [-0.1, -0.05) is 13.8 Å². The summed E-state index contributed by atoms with van der Waals surface area (Å²) in [7, 11) is 0. The van der Waals surface area contributed by atoms with Crippen LogP contribution >= 0.6 is 0 Å². The first-order chi connectivity index (χ1) is 10.2. The van der Waals surface area contributed by atoms with E-state index in [4.69, 9.17) is 0 Å². The van der Waals surface area contributed by atoms with E-state index in [0.29, 0.717) is 6.54 Å². The number of hydrogen-bond acceptors (Lipinski definition) is 6. The highest BCUT2D eigenvalue weighted by atomic mass is 16.6. The molecule has 0 atom stereocenters. The van der Waals surface area contributed by atoms with Gasteiger partial charge in [0.2, 0.25) is 11.6 Å². The summed E-state index contributed by atoms with van der Waals surface area (Å²) in [6.45, 7) is 4.63. The summed E-state index contributed by atoms with van der Waals surface area (Å²) >= 11 is 0.